The fraction of sp³-hybridized carbons (Fsp3) is 0.848. The Kier molecular flexibility index (Phi) is 30.5. The first-order valence-electron chi connectivity index (χ1n) is 23.2. The van der Waals surface area contributed by atoms with Gasteiger partial charge in [-0.15, -0.1) is 0 Å². The Bertz CT molecular complexity index is 1150. The van der Waals surface area contributed by atoms with Crippen LogP contribution in [0.5, 0.6) is 0 Å². The minimum absolute atomic E-state index is 0.256. The molecule has 0 bridgehead atoms. The van der Waals surface area contributed by atoms with E-state index in [9.17, 15) is 45.6 Å². The summed E-state index contributed by atoms with van der Waals surface area (Å²) in [5.41, 5.74) is 0. The van der Waals surface area contributed by atoms with Gasteiger partial charge >= 0.3 is 0 Å². The summed E-state index contributed by atoms with van der Waals surface area (Å²) < 4.78 is 22.4. The van der Waals surface area contributed by atoms with Crippen LogP contribution in [0, 0.1) is 0 Å². The van der Waals surface area contributed by atoms with Crippen molar-refractivity contribution in [2.24, 2.45) is 0 Å². The fourth-order valence-corrected chi connectivity index (χ4v) is 7.44. The lowest BCUT2D eigenvalue weighted by Crippen LogP contribution is -2.65. The number of aliphatic hydroxyl groups excluding tert-OH is 8. The van der Waals surface area contributed by atoms with Crippen LogP contribution in [0.3, 0.4) is 0 Å². The summed E-state index contributed by atoms with van der Waals surface area (Å²) in [4.78, 5) is 13.0. The molecule has 14 heteroatoms. The van der Waals surface area contributed by atoms with Gasteiger partial charge in [0.05, 0.1) is 32.0 Å². The lowest BCUT2D eigenvalue weighted by molar-refractivity contribution is -0.359. The number of hydrogen-bond acceptors (Lipinski definition) is 13. The Hall–Kier alpha value is -1.79. The fourth-order valence-electron chi connectivity index (χ4n) is 7.44. The molecular formula is C46H83NO13. The zero-order valence-corrected chi connectivity index (χ0v) is 36.7. The van der Waals surface area contributed by atoms with E-state index in [0.29, 0.717) is 6.42 Å². The number of aliphatic hydroxyl groups is 8. The molecule has 9 N–H and O–H groups in total. The maximum absolute atomic E-state index is 13.0. The van der Waals surface area contributed by atoms with Crippen molar-refractivity contribution in [2.45, 2.75) is 229 Å². The second-order valence-electron chi connectivity index (χ2n) is 16.5. The summed E-state index contributed by atoms with van der Waals surface area (Å²) in [5.74, 6) is -0.256. The maximum Gasteiger partial charge on any atom is 0.220 e. The highest BCUT2D eigenvalue weighted by atomic mass is 16.7. The van der Waals surface area contributed by atoms with E-state index >= 15 is 0 Å². The lowest BCUT2D eigenvalue weighted by atomic mass is 9.97. The second-order valence-corrected chi connectivity index (χ2v) is 16.5. The van der Waals surface area contributed by atoms with Gasteiger partial charge in [-0.3, -0.25) is 4.79 Å². The van der Waals surface area contributed by atoms with Gasteiger partial charge in [-0.2, -0.15) is 0 Å². The molecule has 0 spiro atoms. The Balaban J connectivity index is 1.66. The molecule has 60 heavy (non-hydrogen) atoms. The number of nitrogens with one attached hydrogen (secondary N) is 1. The summed E-state index contributed by atoms with van der Waals surface area (Å²) >= 11 is 0. The van der Waals surface area contributed by atoms with E-state index < -0.39 is 86.8 Å². The molecule has 12 atom stereocenters. The minimum Gasteiger partial charge on any atom is -0.394 e. The minimum atomic E-state index is -1.78. The third-order valence-electron chi connectivity index (χ3n) is 11.3. The molecule has 0 aliphatic carbocycles. The summed E-state index contributed by atoms with van der Waals surface area (Å²) in [6, 6.07) is -0.910. The molecular weight excluding hydrogens is 774 g/mol. The Morgan fingerprint density at radius 1 is 0.600 bits per heavy atom. The molecule has 350 valence electrons. The molecule has 2 heterocycles. The third kappa shape index (κ3) is 21.5. The summed E-state index contributed by atoms with van der Waals surface area (Å²) in [6.07, 6.45) is 20.2. The molecule has 2 aliphatic heterocycles. The van der Waals surface area contributed by atoms with Gasteiger partial charge in [-0.05, 0) is 44.9 Å². The number of amides is 1. The third-order valence-corrected chi connectivity index (χ3v) is 11.3. The largest absolute Gasteiger partial charge is 0.394 e. The van der Waals surface area contributed by atoms with Crippen LogP contribution in [-0.2, 0) is 23.7 Å². The van der Waals surface area contributed by atoms with Crippen LogP contribution >= 0.6 is 0 Å². The van der Waals surface area contributed by atoms with Crippen molar-refractivity contribution in [1.29, 1.82) is 0 Å². The van der Waals surface area contributed by atoms with Gasteiger partial charge in [0, 0.05) is 6.42 Å². The molecule has 0 aromatic rings. The second kappa shape index (κ2) is 33.7. The number of carbonyl (C=O) groups excluding carboxylic acids is 1. The molecule has 12 unspecified atom stereocenters. The Morgan fingerprint density at radius 2 is 1.13 bits per heavy atom. The van der Waals surface area contributed by atoms with Crippen molar-refractivity contribution in [3.63, 3.8) is 0 Å². The van der Waals surface area contributed by atoms with E-state index in [1.54, 1.807) is 12.2 Å². The number of rotatable bonds is 34. The van der Waals surface area contributed by atoms with E-state index in [4.69, 9.17) is 18.9 Å². The Morgan fingerprint density at radius 3 is 1.70 bits per heavy atom. The van der Waals surface area contributed by atoms with Crippen molar-refractivity contribution in [3.8, 4) is 0 Å². The van der Waals surface area contributed by atoms with Crippen molar-refractivity contribution in [2.75, 3.05) is 19.8 Å². The first kappa shape index (κ1) is 54.3. The van der Waals surface area contributed by atoms with Crippen molar-refractivity contribution in [1.82, 2.24) is 5.32 Å². The lowest BCUT2D eigenvalue weighted by Gasteiger charge is -2.46. The molecule has 2 rings (SSSR count). The average Bonchev–Trinajstić information content (AvgIpc) is 3.24. The summed E-state index contributed by atoms with van der Waals surface area (Å²) in [5, 5.41) is 85.7. The molecule has 0 saturated carbocycles. The Labute approximate surface area is 360 Å². The van der Waals surface area contributed by atoms with Crippen LogP contribution in [0.15, 0.2) is 36.5 Å². The molecule has 2 saturated heterocycles. The number of unbranched alkanes of at least 4 members (excludes halogenated alkanes) is 17. The molecule has 2 aliphatic rings. The highest BCUT2D eigenvalue weighted by Gasteiger charge is 2.50. The summed E-state index contributed by atoms with van der Waals surface area (Å²) in [7, 11) is 0. The zero-order valence-electron chi connectivity index (χ0n) is 36.7. The molecule has 0 aromatic carbocycles. The average molecular weight is 858 g/mol. The van der Waals surface area contributed by atoms with E-state index in [1.807, 2.05) is 6.92 Å². The molecule has 2 fully saturated rings. The molecule has 1 amide bonds. The number of carbonyl (C=O) groups is 1. The summed E-state index contributed by atoms with van der Waals surface area (Å²) in [6.45, 7) is 2.53. The standard InChI is InChI=1S/C46H83NO13/c1-3-5-7-8-9-10-11-12-13-14-15-16-17-18-19-20-21-22-23-24-25-26-28-30-38(51)47-34(35(50)29-27-6-4-2)33-57-45-43(56)41(54)44(37(32-49)59-45)60-46-42(55)40(53)39(52)36(31-48)58-46/h11-12,14-15,27,29,34-37,39-46,48-50,52-56H,3-10,13,16-26,28,30-33H2,1-2H3,(H,47,51)/b12-11-,15-14-,29-27+. The predicted molar refractivity (Wildman–Crippen MR) is 231 cm³/mol. The van der Waals surface area contributed by atoms with Crippen molar-refractivity contribution < 1.29 is 64.6 Å². The molecule has 0 radical (unpaired) electrons. The first-order valence-corrected chi connectivity index (χ1v) is 23.2. The van der Waals surface area contributed by atoms with Gasteiger partial charge < -0.3 is 65.1 Å². The number of hydrogen-bond donors (Lipinski definition) is 9. The topological polar surface area (TPSA) is 228 Å². The van der Waals surface area contributed by atoms with Crippen molar-refractivity contribution >= 4 is 5.91 Å². The first-order chi connectivity index (χ1) is 29.1. The van der Waals surface area contributed by atoms with Gasteiger partial charge in [0.25, 0.3) is 0 Å². The van der Waals surface area contributed by atoms with Crippen LogP contribution in [-0.4, -0.2) is 140 Å². The van der Waals surface area contributed by atoms with Gasteiger partial charge in [0.2, 0.25) is 5.91 Å². The number of allylic oxidation sites excluding steroid dienone is 5. The predicted octanol–water partition coefficient (Wildman–Crippen LogP) is 4.76. The van der Waals surface area contributed by atoms with Gasteiger partial charge in [0.1, 0.15) is 48.8 Å². The van der Waals surface area contributed by atoms with Crippen LogP contribution in [0.1, 0.15) is 155 Å². The van der Waals surface area contributed by atoms with Crippen LogP contribution in [0.2, 0.25) is 0 Å². The van der Waals surface area contributed by atoms with E-state index in [-0.39, 0.29) is 18.9 Å². The van der Waals surface area contributed by atoms with Gasteiger partial charge in [-0.1, -0.05) is 140 Å². The van der Waals surface area contributed by atoms with E-state index in [2.05, 4.69) is 36.5 Å². The zero-order chi connectivity index (χ0) is 44.0. The van der Waals surface area contributed by atoms with Gasteiger partial charge in [-0.25, -0.2) is 0 Å². The SMILES string of the molecule is CCC/C=C/C(O)C(COC1OC(CO)C(OC2OC(CO)C(O)C(O)C2O)C(O)C1O)NC(=O)CCCCCCCCCCCCC/C=C\C/C=C\CCCCCCC. The van der Waals surface area contributed by atoms with Crippen LogP contribution < -0.4 is 5.32 Å². The maximum atomic E-state index is 13.0. The van der Waals surface area contributed by atoms with Crippen LogP contribution in [0.4, 0.5) is 0 Å². The quantitative estimate of drug-likeness (QED) is 0.0315. The van der Waals surface area contributed by atoms with Crippen molar-refractivity contribution in [3.05, 3.63) is 36.5 Å². The molecule has 14 nitrogen and oxygen atoms in total. The van der Waals surface area contributed by atoms with Gasteiger partial charge in [0.15, 0.2) is 12.6 Å². The number of ether oxygens (including phenoxy) is 4. The molecule has 0 aromatic heterocycles. The smallest absolute Gasteiger partial charge is 0.220 e. The monoisotopic (exact) mass is 858 g/mol. The van der Waals surface area contributed by atoms with E-state index in [0.717, 1.165) is 38.5 Å². The highest BCUT2D eigenvalue weighted by molar-refractivity contribution is 5.76. The normalized spacial score (nSPS) is 28.6. The van der Waals surface area contributed by atoms with E-state index in [1.165, 1.54) is 89.9 Å². The van der Waals surface area contributed by atoms with Crippen LogP contribution in [0.25, 0.3) is 0 Å². The highest BCUT2D eigenvalue weighted by Crippen LogP contribution is 2.30.